The van der Waals surface area contributed by atoms with Gasteiger partial charge in [-0.2, -0.15) is 0 Å². The summed E-state index contributed by atoms with van der Waals surface area (Å²) in [7, 11) is 1.62. The number of methoxy groups -OCH3 is 1. The minimum absolute atomic E-state index is 0.0582. The predicted octanol–water partition coefficient (Wildman–Crippen LogP) is 3.37. The van der Waals surface area contributed by atoms with Gasteiger partial charge in [0.15, 0.2) is 0 Å². The van der Waals surface area contributed by atoms with Gasteiger partial charge in [0.05, 0.1) is 18.5 Å². The second-order valence-corrected chi connectivity index (χ2v) is 6.42. The van der Waals surface area contributed by atoms with Gasteiger partial charge in [-0.3, -0.25) is 9.36 Å². The van der Waals surface area contributed by atoms with E-state index in [1.54, 1.807) is 13.4 Å². The highest BCUT2D eigenvalue weighted by molar-refractivity contribution is 5.94. The first-order valence-corrected chi connectivity index (χ1v) is 8.87. The summed E-state index contributed by atoms with van der Waals surface area (Å²) in [6.07, 6.45) is 7.31. The van der Waals surface area contributed by atoms with Crippen LogP contribution in [-0.4, -0.2) is 29.2 Å². The number of fused-ring (bicyclic) bond motifs is 1. The van der Waals surface area contributed by atoms with Crippen LogP contribution in [-0.2, 0) is 4.79 Å². The molecule has 1 aliphatic rings. The number of benzene rings is 2. The number of hydrogen-bond donors (Lipinski definition) is 1. The first kappa shape index (κ1) is 17.7. The zero-order valence-corrected chi connectivity index (χ0v) is 15.4. The minimum Gasteiger partial charge on any atom is -0.497 e. The Morgan fingerprint density at radius 1 is 1.25 bits per heavy atom. The molecule has 0 saturated heterocycles. The average Bonchev–Trinajstić information content (AvgIpc) is 3.15. The van der Waals surface area contributed by atoms with E-state index in [1.807, 2.05) is 53.1 Å². The smallest absolute Gasteiger partial charge is 0.226 e. The number of imidazole rings is 1. The van der Waals surface area contributed by atoms with Gasteiger partial charge in [0.2, 0.25) is 5.91 Å². The maximum Gasteiger partial charge on any atom is 0.226 e. The zero-order valence-electron chi connectivity index (χ0n) is 15.4. The first-order valence-electron chi connectivity index (χ1n) is 8.87. The summed E-state index contributed by atoms with van der Waals surface area (Å²) in [6.45, 7) is 0.199. The molecule has 6 nitrogen and oxygen atoms in total. The lowest BCUT2D eigenvalue weighted by Crippen LogP contribution is -2.24. The molecule has 6 heteroatoms. The van der Waals surface area contributed by atoms with Gasteiger partial charge in [-0.05, 0) is 29.8 Å². The number of terminal acetylenes is 1. The van der Waals surface area contributed by atoms with Crippen molar-refractivity contribution >= 4 is 11.7 Å². The summed E-state index contributed by atoms with van der Waals surface area (Å²) < 4.78 is 12.7. The fraction of sp³-hybridized carbons (Fsp3) is 0.182. The van der Waals surface area contributed by atoms with Crippen LogP contribution in [0.5, 0.6) is 11.5 Å². The number of hydrogen-bond acceptors (Lipinski definition) is 4. The molecule has 0 spiro atoms. The SMILES string of the molecule is C#CCOc1cccc([C@@H]2CC(=O)Nc3c2ncn3-c2cccc(OC)c2)c1. The van der Waals surface area contributed by atoms with Crippen LogP contribution in [0.4, 0.5) is 5.82 Å². The Kier molecular flexibility index (Phi) is 4.73. The zero-order chi connectivity index (χ0) is 19.5. The molecular formula is C22H19N3O3. The number of carbonyl (C=O) groups is 1. The molecule has 0 radical (unpaired) electrons. The van der Waals surface area contributed by atoms with Crippen LogP contribution < -0.4 is 14.8 Å². The van der Waals surface area contributed by atoms with Crippen LogP contribution in [0.15, 0.2) is 54.9 Å². The molecule has 0 aliphatic carbocycles. The fourth-order valence-electron chi connectivity index (χ4n) is 3.38. The van der Waals surface area contributed by atoms with Crippen LogP contribution >= 0.6 is 0 Å². The predicted molar refractivity (Wildman–Crippen MR) is 106 cm³/mol. The molecule has 1 N–H and O–H groups in total. The highest BCUT2D eigenvalue weighted by Gasteiger charge is 2.31. The fourth-order valence-corrected chi connectivity index (χ4v) is 3.38. The van der Waals surface area contributed by atoms with Gasteiger partial charge in [-0.1, -0.05) is 24.1 Å². The Balaban J connectivity index is 1.74. The Morgan fingerprint density at radius 2 is 2.07 bits per heavy atom. The third kappa shape index (κ3) is 3.30. The van der Waals surface area contributed by atoms with Crippen LogP contribution in [0.1, 0.15) is 23.6 Å². The quantitative estimate of drug-likeness (QED) is 0.697. The molecular weight excluding hydrogens is 354 g/mol. The van der Waals surface area contributed by atoms with E-state index in [1.165, 1.54) is 0 Å². The van der Waals surface area contributed by atoms with Crippen molar-refractivity contribution in [3.8, 4) is 29.5 Å². The third-order valence-electron chi connectivity index (χ3n) is 4.69. The standard InChI is InChI=1S/C22H19N3O3/c1-3-10-28-18-9-4-6-15(11-18)19-13-20(26)24-22-21(19)23-14-25(22)16-7-5-8-17(12-16)27-2/h1,4-9,11-12,14,19H,10,13H2,2H3,(H,24,26)/t19-/m0/s1. The maximum absolute atomic E-state index is 12.4. The number of aromatic nitrogens is 2. The molecule has 4 rings (SSSR count). The molecule has 28 heavy (non-hydrogen) atoms. The lowest BCUT2D eigenvalue weighted by atomic mass is 9.89. The van der Waals surface area contributed by atoms with E-state index in [-0.39, 0.29) is 18.4 Å². The van der Waals surface area contributed by atoms with E-state index in [4.69, 9.17) is 15.9 Å². The lowest BCUT2D eigenvalue weighted by molar-refractivity contribution is -0.116. The van der Waals surface area contributed by atoms with Gasteiger partial charge in [0, 0.05) is 18.4 Å². The molecule has 1 aliphatic heterocycles. The van der Waals surface area contributed by atoms with E-state index in [0.29, 0.717) is 18.0 Å². The van der Waals surface area contributed by atoms with Crippen LogP contribution in [0.2, 0.25) is 0 Å². The molecule has 0 fully saturated rings. The topological polar surface area (TPSA) is 65.4 Å². The molecule has 1 atom stereocenters. The van der Waals surface area contributed by atoms with Gasteiger partial charge in [0.1, 0.15) is 30.3 Å². The summed E-state index contributed by atoms with van der Waals surface area (Å²) in [6, 6.07) is 15.2. The Morgan fingerprint density at radius 3 is 2.89 bits per heavy atom. The van der Waals surface area contributed by atoms with E-state index in [2.05, 4.69) is 16.2 Å². The van der Waals surface area contributed by atoms with Crippen molar-refractivity contribution in [3.05, 3.63) is 66.1 Å². The molecule has 1 aromatic heterocycles. The van der Waals surface area contributed by atoms with Crippen molar-refractivity contribution in [1.82, 2.24) is 9.55 Å². The van der Waals surface area contributed by atoms with Crippen molar-refractivity contribution in [2.75, 3.05) is 19.0 Å². The van der Waals surface area contributed by atoms with Crippen molar-refractivity contribution in [2.45, 2.75) is 12.3 Å². The summed E-state index contributed by atoms with van der Waals surface area (Å²) in [5, 5.41) is 2.96. The largest absolute Gasteiger partial charge is 0.497 e. The normalized spacial score (nSPS) is 15.3. The van der Waals surface area contributed by atoms with Crippen molar-refractivity contribution in [3.63, 3.8) is 0 Å². The number of carbonyl (C=O) groups excluding carboxylic acids is 1. The molecule has 140 valence electrons. The second kappa shape index (κ2) is 7.49. The van der Waals surface area contributed by atoms with Gasteiger partial charge in [0.25, 0.3) is 0 Å². The van der Waals surface area contributed by atoms with Crippen molar-refractivity contribution < 1.29 is 14.3 Å². The molecule has 2 heterocycles. The summed E-state index contributed by atoms with van der Waals surface area (Å²) >= 11 is 0. The molecule has 2 aromatic carbocycles. The number of rotatable bonds is 5. The number of nitrogens with zero attached hydrogens (tertiary/aromatic N) is 2. The Labute approximate surface area is 163 Å². The monoisotopic (exact) mass is 373 g/mol. The Hall–Kier alpha value is -3.72. The van der Waals surface area contributed by atoms with Gasteiger partial charge < -0.3 is 14.8 Å². The molecule has 1 amide bonds. The third-order valence-corrected chi connectivity index (χ3v) is 4.69. The van der Waals surface area contributed by atoms with Crippen molar-refractivity contribution in [2.24, 2.45) is 0 Å². The number of anilines is 1. The van der Waals surface area contributed by atoms with E-state index in [0.717, 1.165) is 22.7 Å². The number of nitrogens with one attached hydrogen (secondary N) is 1. The minimum atomic E-state index is -0.162. The highest BCUT2D eigenvalue weighted by Crippen LogP contribution is 2.38. The van der Waals surface area contributed by atoms with E-state index in [9.17, 15) is 4.79 Å². The van der Waals surface area contributed by atoms with Crippen LogP contribution in [0.3, 0.4) is 0 Å². The average molecular weight is 373 g/mol. The molecule has 0 unspecified atom stereocenters. The van der Waals surface area contributed by atoms with Crippen LogP contribution in [0.25, 0.3) is 5.69 Å². The highest BCUT2D eigenvalue weighted by atomic mass is 16.5. The molecule has 0 saturated carbocycles. The first-order chi connectivity index (χ1) is 13.7. The molecule has 3 aromatic rings. The summed E-state index contributed by atoms with van der Waals surface area (Å²) in [5.74, 6) is 4.32. The van der Waals surface area contributed by atoms with Gasteiger partial charge in [-0.15, -0.1) is 6.42 Å². The second-order valence-electron chi connectivity index (χ2n) is 6.42. The van der Waals surface area contributed by atoms with Crippen LogP contribution in [0, 0.1) is 12.3 Å². The van der Waals surface area contributed by atoms with Gasteiger partial charge in [-0.25, -0.2) is 4.98 Å². The number of amides is 1. The van der Waals surface area contributed by atoms with Crippen molar-refractivity contribution in [1.29, 1.82) is 0 Å². The lowest BCUT2D eigenvalue weighted by Gasteiger charge is -2.23. The number of ether oxygens (including phenoxy) is 2. The van der Waals surface area contributed by atoms with E-state index < -0.39 is 0 Å². The van der Waals surface area contributed by atoms with Gasteiger partial charge >= 0.3 is 0 Å². The summed E-state index contributed by atoms with van der Waals surface area (Å²) in [4.78, 5) is 17.0. The maximum atomic E-state index is 12.4. The van der Waals surface area contributed by atoms with E-state index >= 15 is 0 Å². The summed E-state index contributed by atoms with van der Waals surface area (Å²) in [5.41, 5.74) is 2.64. The molecule has 0 bridgehead atoms. The Bertz CT molecular complexity index is 1060.